The van der Waals surface area contributed by atoms with Crippen LogP contribution in [0.5, 0.6) is 0 Å². The van der Waals surface area contributed by atoms with Crippen molar-refractivity contribution in [3.05, 3.63) is 30.9 Å². The Morgan fingerprint density at radius 2 is 2.13 bits per heavy atom. The van der Waals surface area contributed by atoms with Gasteiger partial charge in [-0.2, -0.15) is 0 Å². The molecule has 2 aromatic rings. The highest BCUT2D eigenvalue weighted by Gasteiger charge is 2.13. The lowest BCUT2D eigenvalue weighted by atomic mass is 10.2. The van der Waals surface area contributed by atoms with Crippen LogP contribution in [0.2, 0.25) is 0 Å². The highest BCUT2D eigenvalue weighted by molar-refractivity contribution is 8.01. The summed E-state index contributed by atoms with van der Waals surface area (Å²) in [5.41, 5.74) is 1.98. The monoisotopic (exact) mass is 462 g/mol. The van der Waals surface area contributed by atoms with E-state index in [1.54, 1.807) is 13.0 Å². The van der Waals surface area contributed by atoms with Crippen molar-refractivity contribution in [2.24, 2.45) is 10.2 Å². The van der Waals surface area contributed by atoms with Crippen LogP contribution in [0.1, 0.15) is 27.7 Å². The van der Waals surface area contributed by atoms with Crippen molar-refractivity contribution in [3.8, 4) is 0 Å². The number of azo groups is 1. The number of carbonyl (C=O) groups is 2. The summed E-state index contributed by atoms with van der Waals surface area (Å²) in [6.45, 7) is 12.2. The van der Waals surface area contributed by atoms with Gasteiger partial charge in [0.25, 0.3) is 5.13 Å². The third-order valence-corrected chi connectivity index (χ3v) is 5.74. The molecule has 1 N–H and O–H groups in total. The highest BCUT2D eigenvalue weighted by atomic mass is 32.2. The van der Waals surface area contributed by atoms with Crippen molar-refractivity contribution in [2.75, 3.05) is 29.1 Å². The van der Waals surface area contributed by atoms with Crippen LogP contribution in [0.25, 0.3) is 0 Å². The molecule has 0 aliphatic heterocycles. The number of nitrogens with zero attached hydrogens (tertiary/aromatic N) is 5. The normalized spacial score (nSPS) is 11.0. The Morgan fingerprint density at radius 1 is 1.35 bits per heavy atom. The minimum Gasteiger partial charge on any atom is -0.465 e. The van der Waals surface area contributed by atoms with E-state index in [-0.39, 0.29) is 23.7 Å². The predicted molar refractivity (Wildman–Crippen MR) is 125 cm³/mol. The third-order valence-electron chi connectivity index (χ3n) is 3.83. The van der Waals surface area contributed by atoms with Crippen LogP contribution in [0, 0.1) is 0 Å². The van der Waals surface area contributed by atoms with Crippen LogP contribution in [0.3, 0.4) is 0 Å². The molecule has 0 saturated carbocycles. The molecule has 0 atom stereocenters. The molecule has 0 saturated heterocycles. The molecule has 0 spiro atoms. The first-order valence-corrected chi connectivity index (χ1v) is 11.5. The lowest BCUT2D eigenvalue weighted by molar-refractivity contribution is -0.139. The van der Waals surface area contributed by atoms with E-state index < -0.39 is 0 Å². The Labute approximate surface area is 190 Å². The molecule has 166 valence electrons. The van der Waals surface area contributed by atoms with E-state index in [1.807, 2.05) is 18.2 Å². The van der Waals surface area contributed by atoms with Crippen molar-refractivity contribution in [1.82, 2.24) is 10.2 Å². The fourth-order valence-corrected chi connectivity index (χ4v) is 4.01. The van der Waals surface area contributed by atoms with Gasteiger partial charge in [0.15, 0.2) is 4.34 Å². The largest absolute Gasteiger partial charge is 0.465 e. The maximum atomic E-state index is 11.7. The van der Waals surface area contributed by atoms with Gasteiger partial charge in [-0.15, -0.1) is 27.0 Å². The minimum atomic E-state index is -0.308. The van der Waals surface area contributed by atoms with Gasteiger partial charge >= 0.3 is 5.97 Å². The summed E-state index contributed by atoms with van der Waals surface area (Å²) >= 11 is 2.45. The number of hydrogen-bond donors (Lipinski definition) is 1. The Hall–Kier alpha value is -2.79. The number of esters is 1. The van der Waals surface area contributed by atoms with Gasteiger partial charge in [-0.05, 0) is 39.0 Å². The number of aromatic nitrogens is 2. The van der Waals surface area contributed by atoms with Gasteiger partial charge in [0.05, 0.1) is 18.0 Å². The number of thioether (sulfide) groups is 1. The number of benzene rings is 1. The molecule has 1 amide bonds. The lowest BCUT2D eigenvalue weighted by Gasteiger charge is -2.28. The summed E-state index contributed by atoms with van der Waals surface area (Å²) in [5.74, 6) is -0.357. The zero-order chi connectivity index (χ0) is 22.8. The van der Waals surface area contributed by atoms with Crippen molar-refractivity contribution in [2.45, 2.75) is 38.1 Å². The van der Waals surface area contributed by atoms with Crippen LogP contribution in [-0.2, 0) is 14.3 Å². The number of rotatable bonds is 11. The summed E-state index contributed by atoms with van der Waals surface area (Å²) in [6.07, 6.45) is 1.83. The van der Waals surface area contributed by atoms with E-state index >= 15 is 0 Å². The zero-order valence-electron chi connectivity index (χ0n) is 18.0. The highest BCUT2D eigenvalue weighted by Crippen LogP contribution is 2.34. The molecule has 1 aromatic heterocycles. The van der Waals surface area contributed by atoms with Gasteiger partial charge in [0, 0.05) is 25.2 Å². The van der Waals surface area contributed by atoms with Gasteiger partial charge in [-0.1, -0.05) is 29.2 Å². The third kappa shape index (κ3) is 7.76. The van der Waals surface area contributed by atoms with Crippen LogP contribution < -0.4 is 10.2 Å². The quantitative estimate of drug-likeness (QED) is 0.217. The smallest absolute Gasteiger partial charge is 0.316 e. The molecule has 1 heterocycles. The number of ether oxygens (including phenoxy) is 1. The second-order valence-corrected chi connectivity index (χ2v) is 8.74. The number of amides is 1. The second-order valence-electron chi connectivity index (χ2n) is 6.56. The Bertz CT molecular complexity index is 945. The van der Waals surface area contributed by atoms with Crippen molar-refractivity contribution in [1.29, 1.82) is 0 Å². The van der Waals surface area contributed by atoms with E-state index in [1.165, 1.54) is 30.0 Å². The Morgan fingerprint density at radius 3 is 2.77 bits per heavy atom. The molecular weight excluding hydrogens is 436 g/mol. The van der Waals surface area contributed by atoms with Crippen LogP contribution in [0.15, 0.2) is 45.4 Å². The molecule has 1 aromatic carbocycles. The van der Waals surface area contributed by atoms with E-state index in [0.29, 0.717) is 34.0 Å². The molecule has 0 radical (unpaired) electrons. The second kappa shape index (κ2) is 12.2. The van der Waals surface area contributed by atoms with Crippen LogP contribution in [-0.4, -0.2) is 47.0 Å². The van der Waals surface area contributed by atoms with Gasteiger partial charge in [0.1, 0.15) is 5.69 Å². The Balaban J connectivity index is 2.19. The molecule has 0 unspecified atom stereocenters. The van der Waals surface area contributed by atoms with Gasteiger partial charge in [0.2, 0.25) is 5.91 Å². The molecule has 0 aliphatic carbocycles. The first kappa shape index (κ1) is 24.5. The van der Waals surface area contributed by atoms with Crippen molar-refractivity contribution >= 4 is 57.2 Å². The van der Waals surface area contributed by atoms with E-state index in [9.17, 15) is 9.59 Å². The van der Waals surface area contributed by atoms with E-state index in [2.05, 4.69) is 51.1 Å². The SMILES string of the molecule is C=CCN(c1ccc(N=Nc2nnc(SCC(=O)OCC)s2)c(NC(C)=O)c1)C(C)C. The lowest BCUT2D eigenvalue weighted by Crippen LogP contribution is -2.30. The summed E-state index contributed by atoms with van der Waals surface area (Å²) < 4.78 is 5.48. The summed E-state index contributed by atoms with van der Waals surface area (Å²) in [7, 11) is 0. The maximum Gasteiger partial charge on any atom is 0.316 e. The van der Waals surface area contributed by atoms with Gasteiger partial charge in [-0.25, -0.2) is 0 Å². The summed E-state index contributed by atoms with van der Waals surface area (Å²) in [6, 6.07) is 5.83. The topological polar surface area (TPSA) is 109 Å². The number of hydrogen-bond acceptors (Lipinski definition) is 10. The fourth-order valence-electron chi connectivity index (χ4n) is 2.55. The average Bonchev–Trinajstić information content (AvgIpc) is 3.17. The van der Waals surface area contributed by atoms with Crippen LogP contribution >= 0.6 is 23.1 Å². The molecule has 11 heteroatoms. The van der Waals surface area contributed by atoms with E-state index in [4.69, 9.17) is 4.74 Å². The summed E-state index contributed by atoms with van der Waals surface area (Å²) in [4.78, 5) is 25.3. The minimum absolute atomic E-state index is 0.158. The molecule has 0 bridgehead atoms. The number of anilines is 2. The van der Waals surface area contributed by atoms with Crippen molar-refractivity contribution in [3.63, 3.8) is 0 Å². The average molecular weight is 463 g/mol. The van der Waals surface area contributed by atoms with Gasteiger partial charge < -0.3 is 15.0 Å². The van der Waals surface area contributed by atoms with Crippen molar-refractivity contribution < 1.29 is 14.3 Å². The molecular formula is C20H26N6O3S2. The first-order valence-electron chi connectivity index (χ1n) is 9.66. The zero-order valence-corrected chi connectivity index (χ0v) is 19.6. The molecule has 0 fully saturated rings. The maximum absolute atomic E-state index is 11.7. The molecule has 31 heavy (non-hydrogen) atoms. The number of carbonyl (C=O) groups excluding carboxylic acids is 2. The molecule has 9 nitrogen and oxygen atoms in total. The summed E-state index contributed by atoms with van der Waals surface area (Å²) in [5, 5.41) is 19.5. The standard InChI is InChI=1S/C20H26N6O3S2/c1-6-10-26(13(3)4)15-8-9-16(17(11-15)21-14(5)27)22-23-19-24-25-20(31-19)30-12-18(28)29-7-2/h6,8-9,11,13H,1,7,10,12H2,2-5H3,(H,21,27). The van der Waals surface area contributed by atoms with Gasteiger partial charge in [-0.3, -0.25) is 9.59 Å². The molecule has 0 aliphatic rings. The van der Waals surface area contributed by atoms with Crippen LogP contribution in [0.4, 0.5) is 22.2 Å². The van der Waals surface area contributed by atoms with E-state index in [0.717, 1.165) is 5.69 Å². The number of nitrogens with one attached hydrogen (secondary N) is 1. The first-order chi connectivity index (χ1) is 14.8. The fraction of sp³-hybridized carbons (Fsp3) is 0.400. The Kier molecular flexibility index (Phi) is 9.60. The predicted octanol–water partition coefficient (Wildman–Crippen LogP) is 4.97. The molecule has 2 rings (SSSR count).